The number of rotatable bonds is 3. The molecule has 4 nitrogen and oxygen atoms in total. The van der Waals surface area contributed by atoms with Crippen molar-refractivity contribution in [2.24, 2.45) is 0 Å². The Labute approximate surface area is 173 Å². The first-order valence-electron chi connectivity index (χ1n) is 10.3. The minimum Gasteiger partial charge on any atom is -0.382 e. The number of hydrogen-bond acceptors (Lipinski definition) is 4. The lowest BCUT2D eigenvalue weighted by atomic mass is 9.95. The number of pyridine rings is 1. The summed E-state index contributed by atoms with van der Waals surface area (Å²) in [5.74, 6) is 0. The highest BCUT2D eigenvalue weighted by atomic mass is 15.2. The van der Waals surface area contributed by atoms with Crippen molar-refractivity contribution in [3.63, 3.8) is 0 Å². The Morgan fingerprint density at radius 3 is 2.59 bits per heavy atom. The molecule has 0 aliphatic carbocycles. The second kappa shape index (κ2) is 7.85. The van der Waals surface area contributed by atoms with E-state index in [0.717, 1.165) is 53.5 Å². The molecule has 1 saturated heterocycles. The third-order valence-corrected chi connectivity index (χ3v) is 5.92. The molecule has 0 spiro atoms. The Bertz CT molecular complexity index is 1050. The highest BCUT2D eigenvalue weighted by Crippen LogP contribution is 2.33. The molecule has 3 aromatic rings. The van der Waals surface area contributed by atoms with Crippen LogP contribution in [0.1, 0.15) is 39.2 Å². The summed E-state index contributed by atoms with van der Waals surface area (Å²) in [6, 6.07) is 16.9. The summed E-state index contributed by atoms with van der Waals surface area (Å²) in [4.78, 5) is 6.91. The maximum atomic E-state index is 9.53. The first-order valence-corrected chi connectivity index (χ1v) is 10.3. The molecule has 0 atom stereocenters. The fourth-order valence-electron chi connectivity index (χ4n) is 4.22. The lowest BCUT2D eigenvalue weighted by molar-refractivity contribution is 0.106. The van der Waals surface area contributed by atoms with Crippen LogP contribution in [-0.2, 0) is 0 Å². The number of nitriles is 1. The number of piperidine rings is 1. The summed E-state index contributed by atoms with van der Waals surface area (Å²) in [5.41, 5.74) is 4.07. The third kappa shape index (κ3) is 4.11. The highest BCUT2D eigenvalue weighted by molar-refractivity contribution is 5.97. The Morgan fingerprint density at radius 2 is 1.86 bits per heavy atom. The van der Waals surface area contributed by atoms with Crippen LogP contribution in [0.3, 0.4) is 0 Å². The predicted octanol–water partition coefficient (Wildman–Crippen LogP) is 5.45. The number of nitrogens with zero attached hydrogens (tertiary/aromatic N) is 3. The average molecular weight is 385 g/mol. The van der Waals surface area contributed by atoms with E-state index >= 15 is 0 Å². The van der Waals surface area contributed by atoms with E-state index in [1.807, 2.05) is 42.7 Å². The molecule has 0 radical (unpaired) electrons. The van der Waals surface area contributed by atoms with E-state index in [4.69, 9.17) is 0 Å². The lowest BCUT2D eigenvalue weighted by Crippen LogP contribution is -2.48. The summed E-state index contributed by atoms with van der Waals surface area (Å²) in [7, 11) is 0. The Balaban J connectivity index is 1.67. The van der Waals surface area contributed by atoms with Crippen molar-refractivity contribution < 1.29 is 0 Å². The number of likely N-dealkylation sites (tertiary alicyclic amines) is 1. The molecule has 1 aliphatic rings. The topological polar surface area (TPSA) is 52.0 Å². The van der Waals surface area contributed by atoms with Gasteiger partial charge in [-0.25, -0.2) is 0 Å². The van der Waals surface area contributed by atoms with Crippen molar-refractivity contribution in [2.75, 3.05) is 18.4 Å². The zero-order chi connectivity index (χ0) is 20.4. The molecule has 1 fully saturated rings. The van der Waals surface area contributed by atoms with Gasteiger partial charge in [0.1, 0.15) is 0 Å². The normalized spacial score (nSPS) is 15.9. The number of hydrogen-bond donors (Lipinski definition) is 1. The SMILES string of the molecule is CC(C)(C)N1CCC(Nc2cc(-c3ccccc3C#N)cc3ccncc23)CC1. The monoisotopic (exact) mass is 384 g/mol. The molecule has 0 amide bonds. The molecule has 0 bridgehead atoms. The van der Waals surface area contributed by atoms with Crippen LogP contribution >= 0.6 is 0 Å². The second-order valence-electron chi connectivity index (χ2n) is 8.85. The first kappa shape index (κ1) is 19.4. The van der Waals surface area contributed by atoms with Crippen molar-refractivity contribution in [1.82, 2.24) is 9.88 Å². The summed E-state index contributed by atoms with van der Waals surface area (Å²) in [6.45, 7) is 9.07. The molecule has 2 aromatic carbocycles. The smallest absolute Gasteiger partial charge is 0.0998 e. The van der Waals surface area contributed by atoms with E-state index in [2.05, 4.69) is 54.2 Å². The molecule has 4 rings (SSSR count). The van der Waals surface area contributed by atoms with E-state index < -0.39 is 0 Å². The van der Waals surface area contributed by atoms with E-state index in [0.29, 0.717) is 11.6 Å². The van der Waals surface area contributed by atoms with Crippen molar-refractivity contribution in [2.45, 2.75) is 45.2 Å². The van der Waals surface area contributed by atoms with Gasteiger partial charge in [0.25, 0.3) is 0 Å². The van der Waals surface area contributed by atoms with E-state index in [9.17, 15) is 5.26 Å². The van der Waals surface area contributed by atoms with Crippen molar-refractivity contribution in [3.8, 4) is 17.2 Å². The molecule has 148 valence electrons. The first-order chi connectivity index (χ1) is 14.0. The van der Waals surface area contributed by atoms with Gasteiger partial charge in [-0.2, -0.15) is 5.26 Å². The summed E-state index contributed by atoms with van der Waals surface area (Å²) >= 11 is 0. The zero-order valence-electron chi connectivity index (χ0n) is 17.4. The number of aromatic nitrogens is 1. The van der Waals surface area contributed by atoms with E-state index in [1.54, 1.807) is 0 Å². The molecule has 0 unspecified atom stereocenters. The largest absolute Gasteiger partial charge is 0.382 e. The van der Waals surface area contributed by atoms with E-state index in [-0.39, 0.29) is 5.54 Å². The second-order valence-corrected chi connectivity index (χ2v) is 8.85. The van der Waals surface area contributed by atoms with Crippen LogP contribution in [0, 0.1) is 11.3 Å². The maximum Gasteiger partial charge on any atom is 0.0998 e. The van der Waals surface area contributed by atoms with Gasteiger partial charge in [-0.3, -0.25) is 9.88 Å². The van der Waals surface area contributed by atoms with Crippen LogP contribution in [0.5, 0.6) is 0 Å². The van der Waals surface area contributed by atoms with Crippen LogP contribution < -0.4 is 5.32 Å². The van der Waals surface area contributed by atoms with Gasteiger partial charge in [-0.1, -0.05) is 18.2 Å². The molecular weight excluding hydrogens is 356 g/mol. The van der Waals surface area contributed by atoms with Gasteiger partial charge < -0.3 is 5.32 Å². The molecule has 2 heterocycles. The van der Waals surface area contributed by atoms with Gasteiger partial charge >= 0.3 is 0 Å². The Morgan fingerprint density at radius 1 is 1.10 bits per heavy atom. The van der Waals surface area contributed by atoms with Gasteiger partial charge in [0.05, 0.1) is 11.6 Å². The summed E-state index contributed by atoms with van der Waals surface area (Å²) in [5, 5.41) is 15.6. The Hall–Kier alpha value is -2.90. The van der Waals surface area contributed by atoms with Gasteiger partial charge in [-0.05, 0) is 74.4 Å². The van der Waals surface area contributed by atoms with Crippen LogP contribution in [0.4, 0.5) is 5.69 Å². The predicted molar refractivity (Wildman–Crippen MR) is 120 cm³/mol. The fourth-order valence-corrected chi connectivity index (χ4v) is 4.22. The summed E-state index contributed by atoms with van der Waals surface area (Å²) in [6.07, 6.45) is 6.01. The fraction of sp³-hybridized carbons (Fsp3) is 0.360. The zero-order valence-corrected chi connectivity index (χ0v) is 17.4. The summed E-state index contributed by atoms with van der Waals surface area (Å²) < 4.78 is 0. The van der Waals surface area contributed by atoms with Gasteiger partial charge in [0, 0.05) is 48.1 Å². The van der Waals surface area contributed by atoms with Crippen LogP contribution in [-0.4, -0.2) is 34.6 Å². The molecule has 1 aliphatic heterocycles. The minimum atomic E-state index is 0.225. The number of fused-ring (bicyclic) bond motifs is 1. The van der Waals surface area contributed by atoms with Crippen LogP contribution in [0.15, 0.2) is 54.9 Å². The molecule has 1 N–H and O–H groups in total. The molecule has 4 heteroatoms. The maximum absolute atomic E-state index is 9.53. The standard InChI is InChI=1S/C25H28N4/c1-25(2,3)29-12-9-21(10-13-29)28-24-15-20(14-18-8-11-27-17-23(18)24)22-7-5-4-6-19(22)16-26/h4-8,11,14-15,17,21,28H,9-10,12-13H2,1-3H3. The number of benzene rings is 2. The Kier molecular flexibility index (Phi) is 5.25. The van der Waals surface area contributed by atoms with Crippen LogP contribution in [0.25, 0.3) is 21.9 Å². The van der Waals surface area contributed by atoms with Crippen molar-refractivity contribution in [3.05, 3.63) is 60.4 Å². The van der Waals surface area contributed by atoms with Gasteiger partial charge in [-0.15, -0.1) is 0 Å². The van der Waals surface area contributed by atoms with Crippen molar-refractivity contribution >= 4 is 16.5 Å². The number of nitrogens with one attached hydrogen (secondary N) is 1. The third-order valence-electron chi connectivity index (χ3n) is 5.92. The van der Waals surface area contributed by atoms with Crippen LogP contribution in [0.2, 0.25) is 0 Å². The molecule has 29 heavy (non-hydrogen) atoms. The van der Waals surface area contributed by atoms with Gasteiger partial charge in [0.15, 0.2) is 0 Å². The quantitative estimate of drug-likeness (QED) is 0.652. The average Bonchev–Trinajstić information content (AvgIpc) is 2.73. The highest BCUT2D eigenvalue weighted by Gasteiger charge is 2.27. The van der Waals surface area contributed by atoms with Crippen molar-refractivity contribution in [1.29, 1.82) is 5.26 Å². The van der Waals surface area contributed by atoms with E-state index in [1.165, 1.54) is 0 Å². The molecule has 0 saturated carbocycles. The lowest BCUT2D eigenvalue weighted by Gasteiger charge is -2.41. The molecular formula is C25H28N4. The molecule has 1 aromatic heterocycles. The minimum absolute atomic E-state index is 0.225. The number of anilines is 1. The van der Waals surface area contributed by atoms with Gasteiger partial charge in [0.2, 0.25) is 0 Å².